The molecule has 0 radical (unpaired) electrons. The highest BCUT2D eigenvalue weighted by molar-refractivity contribution is 5.48. The lowest BCUT2D eigenvalue weighted by molar-refractivity contribution is 0.414. The summed E-state index contributed by atoms with van der Waals surface area (Å²) in [4.78, 5) is 6.40. The summed E-state index contributed by atoms with van der Waals surface area (Å²) in [6.07, 6.45) is 2.83. The van der Waals surface area contributed by atoms with E-state index in [2.05, 4.69) is 35.4 Å². The van der Waals surface area contributed by atoms with Crippen LogP contribution in [0.15, 0.2) is 42.6 Å². The Balaban J connectivity index is 1.92. The van der Waals surface area contributed by atoms with Gasteiger partial charge in [-0.05, 0) is 43.2 Å². The lowest BCUT2D eigenvalue weighted by atomic mass is 10.1. The zero-order valence-electron chi connectivity index (χ0n) is 13.1. The highest BCUT2D eigenvalue weighted by Gasteiger charge is 2.05. The Morgan fingerprint density at radius 1 is 1.14 bits per heavy atom. The van der Waals surface area contributed by atoms with Gasteiger partial charge in [-0.25, -0.2) is 4.98 Å². The van der Waals surface area contributed by atoms with E-state index >= 15 is 0 Å². The quantitative estimate of drug-likeness (QED) is 0.884. The lowest BCUT2D eigenvalue weighted by Crippen LogP contribution is -2.18. The Bertz CT molecular complexity index is 549. The van der Waals surface area contributed by atoms with E-state index in [-0.39, 0.29) is 0 Å². The molecule has 1 unspecified atom stereocenters. The van der Waals surface area contributed by atoms with Gasteiger partial charge in [0.05, 0.1) is 19.0 Å². The van der Waals surface area contributed by atoms with E-state index < -0.39 is 0 Å². The predicted molar refractivity (Wildman–Crippen MR) is 88.3 cm³/mol. The van der Waals surface area contributed by atoms with E-state index in [1.54, 1.807) is 7.11 Å². The monoisotopic (exact) mass is 285 g/mol. The fourth-order valence-corrected chi connectivity index (χ4v) is 2.19. The van der Waals surface area contributed by atoms with Gasteiger partial charge in [-0.2, -0.15) is 0 Å². The number of benzene rings is 1. The normalized spacial score (nSPS) is 11.8. The van der Waals surface area contributed by atoms with Crippen LogP contribution in [0.3, 0.4) is 0 Å². The van der Waals surface area contributed by atoms with E-state index in [1.165, 1.54) is 5.56 Å². The predicted octanol–water partition coefficient (Wildman–Crippen LogP) is 3.20. The highest BCUT2D eigenvalue weighted by Crippen LogP contribution is 2.16. The van der Waals surface area contributed by atoms with Crippen LogP contribution in [0.1, 0.15) is 12.5 Å². The summed E-state index contributed by atoms with van der Waals surface area (Å²) in [6, 6.07) is 12.6. The Morgan fingerprint density at radius 3 is 2.38 bits per heavy atom. The maximum absolute atomic E-state index is 5.17. The number of ether oxygens (including phenoxy) is 1. The minimum atomic E-state index is 0.338. The van der Waals surface area contributed by atoms with E-state index in [4.69, 9.17) is 4.74 Å². The fourth-order valence-electron chi connectivity index (χ4n) is 2.19. The molecule has 0 spiro atoms. The summed E-state index contributed by atoms with van der Waals surface area (Å²) in [7, 11) is 5.66. The van der Waals surface area contributed by atoms with E-state index in [1.807, 2.05) is 43.4 Å². The molecule has 1 N–H and O–H groups in total. The lowest BCUT2D eigenvalue weighted by Gasteiger charge is -2.17. The van der Waals surface area contributed by atoms with Crippen LogP contribution in [0.4, 0.5) is 11.5 Å². The standard InChI is InChI=1S/C17H23N3O/c1-13(11-14-5-8-16(21-4)9-6-14)19-15-7-10-17(18-12-15)20(2)3/h5-10,12-13,19H,11H2,1-4H3. The Labute approximate surface area is 126 Å². The second kappa shape index (κ2) is 6.97. The third-order valence-electron chi connectivity index (χ3n) is 3.32. The van der Waals surface area contributed by atoms with Gasteiger partial charge in [0, 0.05) is 20.1 Å². The van der Waals surface area contributed by atoms with Crippen LogP contribution < -0.4 is 15.0 Å². The summed E-state index contributed by atoms with van der Waals surface area (Å²) < 4.78 is 5.17. The number of aromatic nitrogens is 1. The van der Waals surface area contributed by atoms with E-state index in [9.17, 15) is 0 Å². The Kier molecular flexibility index (Phi) is 5.04. The minimum absolute atomic E-state index is 0.338. The van der Waals surface area contributed by atoms with Crippen LogP contribution in [-0.2, 0) is 6.42 Å². The molecular formula is C17H23N3O. The molecule has 21 heavy (non-hydrogen) atoms. The number of anilines is 2. The molecule has 1 heterocycles. The molecule has 112 valence electrons. The first kappa shape index (κ1) is 15.2. The van der Waals surface area contributed by atoms with Crippen LogP contribution >= 0.6 is 0 Å². The van der Waals surface area contributed by atoms with Crippen molar-refractivity contribution in [1.29, 1.82) is 0 Å². The molecule has 0 saturated carbocycles. The third-order valence-corrected chi connectivity index (χ3v) is 3.32. The molecule has 1 atom stereocenters. The van der Waals surface area contributed by atoms with Gasteiger partial charge in [0.1, 0.15) is 11.6 Å². The molecule has 1 aromatic carbocycles. The van der Waals surface area contributed by atoms with Gasteiger partial charge in [-0.1, -0.05) is 12.1 Å². The minimum Gasteiger partial charge on any atom is -0.497 e. The molecule has 0 aliphatic carbocycles. The summed E-state index contributed by atoms with van der Waals surface area (Å²) in [5.41, 5.74) is 2.33. The smallest absolute Gasteiger partial charge is 0.128 e. The molecule has 4 heteroatoms. The first-order chi connectivity index (χ1) is 10.1. The summed E-state index contributed by atoms with van der Waals surface area (Å²) in [6.45, 7) is 2.17. The maximum atomic E-state index is 5.17. The van der Waals surface area contributed by atoms with Crippen molar-refractivity contribution in [2.45, 2.75) is 19.4 Å². The van der Waals surface area contributed by atoms with Gasteiger partial charge < -0.3 is 15.0 Å². The van der Waals surface area contributed by atoms with Crippen molar-refractivity contribution in [2.24, 2.45) is 0 Å². The number of nitrogens with one attached hydrogen (secondary N) is 1. The molecule has 2 rings (SSSR count). The molecule has 0 fully saturated rings. The van der Waals surface area contributed by atoms with Gasteiger partial charge in [0.2, 0.25) is 0 Å². The first-order valence-corrected chi connectivity index (χ1v) is 7.11. The van der Waals surface area contributed by atoms with Crippen molar-refractivity contribution in [1.82, 2.24) is 4.98 Å². The van der Waals surface area contributed by atoms with Crippen LogP contribution in [0, 0.1) is 0 Å². The van der Waals surface area contributed by atoms with Crippen molar-refractivity contribution in [3.8, 4) is 5.75 Å². The molecule has 2 aromatic rings. The number of rotatable bonds is 6. The van der Waals surface area contributed by atoms with Crippen molar-refractivity contribution in [2.75, 3.05) is 31.4 Å². The maximum Gasteiger partial charge on any atom is 0.128 e. The number of pyridine rings is 1. The molecule has 0 amide bonds. The Hall–Kier alpha value is -2.23. The van der Waals surface area contributed by atoms with E-state index in [0.717, 1.165) is 23.7 Å². The summed E-state index contributed by atoms with van der Waals surface area (Å²) in [5.74, 6) is 1.85. The molecular weight excluding hydrogens is 262 g/mol. The largest absolute Gasteiger partial charge is 0.497 e. The molecule has 1 aromatic heterocycles. The van der Waals surface area contributed by atoms with Crippen molar-refractivity contribution in [3.05, 3.63) is 48.2 Å². The molecule has 4 nitrogen and oxygen atoms in total. The fraction of sp³-hybridized carbons (Fsp3) is 0.353. The summed E-state index contributed by atoms with van der Waals surface area (Å²) >= 11 is 0. The number of nitrogens with zero attached hydrogens (tertiary/aromatic N) is 2. The number of hydrogen-bond acceptors (Lipinski definition) is 4. The van der Waals surface area contributed by atoms with Gasteiger partial charge in [-0.3, -0.25) is 0 Å². The molecule has 0 bridgehead atoms. The van der Waals surface area contributed by atoms with Crippen LogP contribution in [0.25, 0.3) is 0 Å². The average molecular weight is 285 g/mol. The van der Waals surface area contributed by atoms with Crippen LogP contribution in [0.2, 0.25) is 0 Å². The van der Waals surface area contributed by atoms with Crippen LogP contribution in [-0.4, -0.2) is 32.2 Å². The second-order valence-electron chi connectivity index (χ2n) is 5.40. The molecule has 0 saturated heterocycles. The SMILES string of the molecule is COc1ccc(CC(C)Nc2ccc(N(C)C)nc2)cc1. The number of methoxy groups -OCH3 is 1. The van der Waals surface area contributed by atoms with Gasteiger partial charge >= 0.3 is 0 Å². The van der Waals surface area contributed by atoms with Crippen molar-refractivity contribution >= 4 is 11.5 Å². The zero-order valence-corrected chi connectivity index (χ0v) is 13.1. The Morgan fingerprint density at radius 2 is 1.86 bits per heavy atom. The van der Waals surface area contributed by atoms with Gasteiger partial charge in [0.15, 0.2) is 0 Å². The van der Waals surface area contributed by atoms with Crippen molar-refractivity contribution in [3.63, 3.8) is 0 Å². The van der Waals surface area contributed by atoms with Gasteiger partial charge in [0.25, 0.3) is 0 Å². The molecule has 0 aliphatic heterocycles. The van der Waals surface area contributed by atoms with E-state index in [0.29, 0.717) is 6.04 Å². The second-order valence-corrected chi connectivity index (χ2v) is 5.40. The molecule has 0 aliphatic rings. The van der Waals surface area contributed by atoms with Gasteiger partial charge in [-0.15, -0.1) is 0 Å². The topological polar surface area (TPSA) is 37.4 Å². The first-order valence-electron chi connectivity index (χ1n) is 7.11. The number of hydrogen-bond donors (Lipinski definition) is 1. The highest BCUT2D eigenvalue weighted by atomic mass is 16.5. The average Bonchev–Trinajstić information content (AvgIpc) is 2.48. The van der Waals surface area contributed by atoms with Crippen LogP contribution in [0.5, 0.6) is 5.75 Å². The summed E-state index contributed by atoms with van der Waals surface area (Å²) in [5, 5.41) is 3.47. The van der Waals surface area contributed by atoms with Crippen molar-refractivity contribution < 1.29 is 4.74 Å². The third kappa shape index (κ3) is 4.38. The zero-order chi connectivity index (χ0) is 15.2.